The quantitative estimate of drug-likeness (QED) is 0.747. The largest absolute Gasteiger partial charge is 0.378 e. The van der Waals surface area contributed by atoms with E-state index in [1.54, 1.807) is 7.11 Å². The Kier molecular flexibility index (Phi) is 2.48. The maximum Gasteiger partial charge on any atom is 0.0759 e. The highest BCUT2D eigenvalue weighted by molar-refractivity contribution is 5.67. The first-order valence-corrected chi connectivity index (χ1v) is 6.28. The summed E-state index contributed by atoms with van der Waals surface area (Å²) in [6.07, 6.45) is 5.80. The lowest BCUT2D eigenvalue weighted by atomic mass is 9.83. The van der Waals surface area contributed by atoms with Gasteiger partial charge >= 0.3 is 0 Å². The Balaban J connectivity index is 2.05. The number of anilines is 1. The molecule has 90 valence electrons. The Labute approximate surface area is 103 Å². The van der Waals surface area contributed by atoms with Crippen molar-refractivity contribution in [2.75, 3.05) is 12.4 Å². The molecule has 1 aromatic carbocycles. The van der Waals surface area contributed by atoms with E-state index in [0.717, 1.165) is 6.42 Å². The fraction of sp³-hybridized carbons (Fsp3) is 0.467. The van der Waals surface area contributed by atoms with Crippen molar-refractivity contribution in [1.82, 2.24) is 0 Å². The predicted molar refractivity (Wildman–Crippen MR) is 70.6 cm³/mol. The third kappa shape index (κ3) is 1.59. The van der Waals surface area contributed by atoms with Crippen LogP contribution in [0.25, 0.3) is 0 Å². The molecule has 2 aliphatic rings. The van der Waals surface area contributed by atoms with Gasteiger partial charge in [-0.3, -0.25) is 0 Å². The molecule has 0 radical (unpaired) electrons. The molecule has 1 aliphatic carbocycles. The summed E-state index contributed by atoms with van der Waals surface area (Å²) in [7, 11) is 1.79. The molecule has 0 spiro atoms. The van der Waals surface area contributed by atoms with Crippen molar-refractivity contribution in [1.29, 1.82) is 0 Å². The number of fused-ring (bicyclic) bond motifs is 3. The number of nitrogens with one attached hydrogen (secondary N) is 1. The van der Waals surface area contributed by atoms with Gasteiger partial charge in [0.1, 0.15) is 0 Å². The Morgan fingerprint density at radius 3 is 2.71 bits per heavy atom. The van der Waals surface area contributed by atoms with Crippen molar-refractivity contribution >= 4 is 5.69 Å². The van der Waals surface area contributed by atoms with Gasteiger partial charge in [0.25, 0.3) is 0 Å². The summed E-state index contributed by atoms with van der Waals surface area (Å²) in [6.45, 7) is 4.39. The number of aryl methyl sites for hydroxylation is 2. The zero-order valence-corrected chi connectivity index (χ0v) is 10.7. The van der Waals surface area contributed by atoms with Crippen molar-refractivity contribution in [2.45, 2.75) is 38.3 Å². The molecule has 3 rings (SSSR count). The normalized spacial score (nSPS) is 29.7. The van der Waals surface area contributed by atoms with Gasteiger partial charge in [0, 0.05) is 18.7 Å². The van der Waals surface area contributed by atoms with Gasteiger partial charge in [-0.1, -0.05) is 24.3 Å². The minimum absolute atomic E-state index is 0.268. The summed E-state index contributed by atoms with van der Waals surface area (Å²) < 4.78 is 5.47. The average Bonchev–Trinajstić information content (AvgIpc) is 2.73. The number of ether oxygens (including phenoxy) is 1. The molecule has 17 heavy (non-hydrogen) atoms. The monoisotopic (exact) mass is 229 g/mol. The average molecular weight is 229 g/mol. The van der Waals surface area contributed by atoms with Crippen LogP contribution in [0.3, 0.4) is 0 Å². The lowest BCUT2D eigenvalue weighted by Crippen LogP contribution is -2.27. The van der Waals surface area contributed by atoms with E-state index in [-0.39, 0.29) is 6.10 Å². The van der Waals surface area contributed by atoms with Gasteiger partial charge in [0.15, 0.2) is 0 Å². The van der Waals surface area contributed by atoms with E-state index < -0.39 is 0 Å². The van der Waals surface area contributed by atoms with Crippen LogP contribution in [0.4, 0.5) is 5.69 Å². The van der Waals surface area contributed by atoms with Crippen molar-refractivity contribution < 1.29 is 4.74 Å². The third-order valence-corrected chi connectivity index (χ3v) is 4.11. The second kappa shape index (κ2) is 3.88. The van der Waals surface area contributed by atoms with E-state index in [2.05, 4.69) is 43.4 Å². The van der Waals surface area contributed by atoms with Crippen LogP contribution < -0.4 is 5.32 Å². The lowest BCUT2D eigenvalue weighted by molar-refractivity contribution is 0.121. The molecule has 0 aromatic heterocycles. The molecule has 0 bridgehead atoms. The van der Waals surface area contributed by atoms with Crippen molar-refractivity contribution in [2.24, 2.45) is 0 Å². The summed E-state index contributed by atoms with van der Waals surface area (Å²) in [5.74, 6) is 0.569. The summed E-state index contributed by atoms with van der Waals surface area (Å²) in [5, 5.41) is 3.65. The predicted octanol–water partition coefficient (Wildman–Crippen LogP) is 3.16. The Morgan fingerprint density at radius 2 is 1.94 bits per heavy atom. The van der Waals surface area contributed by atoms with Crippen molar-refractivity contribution in [3.8, 4) is 0 Å². The maximum atomic E-state index is 5.47. The molecule has 0 saturated heterocycles. The molecule has 3 unspecified atom stereocenters. The standard InChI is InChI=1S/C15H19NO/c1-9-4-5-10(2)15-14(9)12-8-11(17-3)6-7-13(12)16-15/h4-7,11-13,16H,8H2,1-3H3. The molecule has 2 heteroatoms. The smallest absolute Gasteiger partial charge is 0.0759 e. The molecule has 2 nitrogen and oxygen atoms in total. The summed E-state index contributed by atoms with van der Waals surface area (Å²) in [5.41, 5.74) is 5.60. The highest BCUT2D eigenvalue weighted by Crippen LogP contribution is 2.44. The summed E-state index contributed by atoms with van der Waals surface area (Å²) in [4.78, 5) is 0. The van der Waals surface area contributed by atoms with Gasteiger partial charge in [0.2, 0.25) is 0 Å². The lowest BCUT2D eigenvalue weighted by Gasteiger charge is -2.26. The molecule has 1 heterocycles. The molecule has 1 aliphatic heterocycles. The van der Waals surface area contributed by atoms with Crippen molar-refractivity contribution in [3.05, 3.63) is 41.0 Å². The SMILES string of the molecule is COC1C=CC2Nc3c(C)ccc(C)c3C2C1. The zero-order chi connectivity index (χ0) is 12.0. The van der Waals surface area contributed by atoms with Crippen LogP contribution in [0, 0.1) is 13.8 Å². The minimum Gasteiger partial charge on any atom is -0.378 e. The number of rotatable bonds is 1. The van der Waals surface area contributed by atoms with E-state index in [1.807, 2.05) is 0 Å². The van der Waals surface area contributed by atoms with Crippen LogP contribution in [0.2, 0.25) is 0 Å². The molecular formula is C15H19NO. The third-order valence-electron chi connectivity index (χ3n) is 4.11. The maximum absolute atomic E-state index is 5.47. The molecule has 3 atom stereocenters. The highest BCUT2D eigenvalue weighted by atomic mass is 16.5. The van der Waals surface area contributed by atoms with Crippen LogP contribution >= 0.6 is 0 Å². The van der Waals surface area contributed by atoms with E-state index in [4.69, 9.17) is 4.74 Å². The zero-order valence-electron chi connectivity index (χ0n) is 10.7. The molecular weight excluding hydrogens is 210 g/mol. The minimum atomic E-state index is 0.268. The molecule has 1 N–H and O–H groups in total. The molecule has 0 amide bonds. The van der Waals surface area contributed by atoms with Crippen LogP contribution in [0.5, 0.6) is 0 Å². The number of hydrogen-bond acceptors (Lipinski definition) is 2. The molecule has 0 saturated carbocycles. The summed E-state index contributed by atoms with van der Waals surface area (Å²) in [6, 6.07) is 4.89. The molecule has 1 aromatic rings. The van der Waals surface area contributed by atoms with Gasteiger partial charge in [-0.2, -0.15) is 0 Å². The number of methoxy groups -OCH3 is 1. The van der Waals surface area contributed by atoms with Crippen LogP contribution in [-0.4, -0.2) is 19.3 Å². The van der Waals surface area contributed by atoms with E-state index in [1.165, 1.54) is 22.4 Å². The van der Waals surface area contributed by atoms with Gasteiger partial charge in [0.05, 0.1) is 12.1 Å². The van der Waals surface area contributed by atoms with Crippen LogP contribution in [-0.2, 0) is 4.74 Å². The second-order valence-electron chi connectivity index (χ2n) is 5.16. The number of benzene rings is 1. The van der Waals surface area contributed by atoms with Crippen molar-refractivity contribution in [3.63, 3.8) is 0 Å². The van der Waals surface area contributed by atoms with Gasteiger partial charge in [-0.05, 0) is 37.0 Å². The fourth-order valence-electron chi connectivity index (χ4n) is 3.14. The first kappa shape index (κ1) is 10.8. The first-order valence-electron chi connectivity index (χ1n) is 6.28. The Morgan fingerprint density at radius 1 is 1.18 bits per heavy atom. The Bertz CT molecular complexity index is 478. The van der Waals surface area contributed by atoms with E-state index in [0.29, 0.717) is 12.0 Å². The number of hydrogen-bond donors (Lipinski definition) is 1. The highest BCUT2D eigenvalue weighted by Gasteiger charge is 2.36. The Hall–Kier alpha value is -1.28. The first-order chi connectivity index (χ1) is 8.20. The van der Waals surface area contributed by atoms with E-state index >= 15 is 0 Å². The van der Waals surface area contributed by atoms with Gasteiger partial charge in [-0.15, -0.1) is 0 Å². The van der Waals surface area contributed by atoms with Gasteiger partial charge < -0.3 is 10.1 Å². The van der Waals surface area contributed by atoms with Crippen LogP contribution in [0.15, 0.2) is 24.3 Å². The second-order valence-corrected chi connectivity index (χ2v) is 5.16. The topological polar surface area (TPSA) is 21.3 Å². The summed E-state index contributed by atoms with van der Waals surface area (Å²) >= 11 is 0. The van der Waals surface area contributed by atoms with Gasteiger partial charge in [-0.25, -0.2) is 0 Å². The molecule has 0 fully saturated rings. The fourth-order valence-corrected chi connectivity index (χ4v) is 3.14. The van der Waals surface area contributed by atoms with E-state index in [9.17, 15) is 0 Å². The van der Waals surface area contributed by atoms with Crippen LogP contribution in [0.1, 0.15) is 29.0 Å².